The van der Waals surface area contributed by atoms with Crippen molar-refractivity contribution in [3.8, 4) is 16.9 Å². The van der Waals surface area contributed by atoms with Gasteiger partial charge in [-0.3, -0.25) is 9.78 Å². The molecule has 30 heavy (non-hydrogen) atoms. The molecule has 4 aromatic rings. The Balaban J connectivity index is 1.75. The summed E-state index contributed by atoms with van der Waals surface area (Å²) in [5, 5.41) is 2.97. The molecule has 0 saturated carbocycles. The lowest BCUT2D eigenvalue weighted by Crippen LogP contribution is -2.23. The topological polar surface area (TPSA) is 46.9 Å². The fourth-order valence-corrected chi connectivity index (χ4v) is 3.55. The molecule has 0 aliphatic carbocycles. The first-order chi connectivity index (χ1) is 14.5. The summed E-state index contributed by atoms with van der Waals surface area (Å²) < 4.78 is 15.5. The van der Waals surface area contributed by atoms with Crippen LogP contribution in [0.5, 0.6) is 0 Å². The van der Waals surface area contributed by atoms with Gasteiger partial charge in [0.15, 0.2) is 0 Å². The van der Waals surface area contributed by atoms with Gasteiger partial charge in [0.1, 0.15) is 5.82 Å². The third-order valence-electron chi connectivity index (χ3n) is 5.07. The summed E-state index contributed by atoms with van der Waals surface area (Å²) in [6.07, 6.45) is 3.43. The van der Waals surface area contributed by atoms with Crippen LogP contribution in [0.3, 0.4) is 0 Å². The van der Waals surface area contributed by atoms with E-state index in [1.54, 1.807) is 24.5 Å². The molecule has 0 aliphatic rings. The normalized spacial score (nSPS) is 10.8. The lowest BCUT2D eigenvalue weighted by atomic mass is 10.1. The van der Waals surface area contributed by atoms with Gasteiger partial charge in [0.05, 0.1) is 11.3 Å². The summed E-state index contributed by atoms with van der Waals surface area (Å²) in [7, 11) is 0. The predicted octanol–water partition coefficient (Wildman–Crippen LogP) is 5.23. The maximum absolute atomic E-state index is 13.5. The first-order valence-corrected chi connectivity index (χ1v) is 9.75. The zero-order chi connectivity index (χ0) is 21.1. The number of aryl methyl sites for hydroxylation is 1. The summed E-state index contributed by atoms with van der Waals surface area (Å²) in [5.74, 6) is -0.454. The maximum Gasteiger partial charge on any atom is 0.253 e. The molecule has 0 radical (unpaired) electrons. The number of aromatic nitrogens is 2. The number of amides is 1. The van der Waals surface area contributed by atoms with E-state index < -0.39 is 0 Å². The van der Waals surface area contributed by atoms with E-state index in [-0.39, 0.29) is 11.7 Å². The summed E-state index contributed by atoms with van der Waals surface area (Å²) in [5.41, 5.74) is 6.09. The molecule has 2 heterocycles. The SMILES string of the molecule is Cc1cccc(-n2c(-c3ccc(F)cc3)cc(C(=O)NCc3cccnc3)c2C)c1. The first-order valence-electron chi connectivity index (χ1n) is 9.75. The van der Waals surface area contributed by atoms with Crippen LogP contribution in [0.2, 0.25) is 0 Å². The molecule has 1 N–H and O–H groups in total. The van der Waals surface area contributed by atoms with Crippen molar-refractivity contribution in [3.63, 3.8) is 0 Å². The summed E-state index contributed by atoms with van der Waals surface area (Å²) >= 11 is 0. The predicted molar refractivity (Wildman–Crippen MR) is 116 cm³/mol. The Morgan fingerprint density at radius 3 is 2.53 bits per heavy atom. The molecule has 2 aromatic carbocycles. The molecule has 4 rings (SSSR count). The summed E-state index contributed by atoms with van der Waals surface area (Å²) in [6.45, 7) is 4.35. The number of carbonyl (C=O) groups is 1. The molecule has 0 aliphatic heterocycles. The van der Waals surface area contributed by atoms with Gasteiger partial charge in [-0.25, -0.2) is 4.39 Å². The van der Waals surface area contributed by atoms with E-state index >= 15 is 0 Å². The van der Waals surface area contributed by atoms with E-state index in [4.69, 9.17) is 0 Å². The molecular formula is C25H22FN3O. The number of hydrogen-bond acceptors (Lipinski definition) is 2. The van der Waals surface area contributed by atoms with Crippen LogP contribution in [0.4, 0.5) is 4.39 Å². The van der Waals surface area contributed by atoms with Crippen LogP contribution in [0.15, 0.2) is 79.1 Å². The molecule has 0 atom stereocenters. The van der Waals surface area contributed by atoms with Crippen LogP contribution >= 0.6 is 0 Å². The summed E-state index contributed by atoms with van der Waals surface area (Å²) in [4.78, 5) is 17.1. The highest BCUT2D eigenvalue weighted by Gasteiger charge is 2.19. The molecular weight excluding hydrogens is 377 g/mol. The molecule has 150 valence electrons. The molecule has 4 nitrogen and oxygen atoms in total. The number of benzene rings is 2. The van der Waals surface area contributed by atoms with E-state index in [1.165, 1.54) is 12.1 Å². The van der Waals surface area contributed by atoms with Gasteiger partial charge in [0.25, 0.3) is 5.91 Å². The Morgan fingerprint density at radius 1 is 1.03 bits per heavy atom. The zero-order valence-corrected chi connectivity index (χ0v) is 16.9. The van der Waals surface area contributed by atoms with Crippen LogP contribution in [0, 0.1) is 19.7 Å². The van der Waals surface area contributed by atoms with Crippen molar-refractivity contribution in [2.75, 3.05) is 0 Å². The fourth-order valence-electron chi connectivity index (χ4n) is 3.55. The van der Waals surface area contributed by atoms with Crippen molar-refractivity contribution in [2.45, 2.75) is 20.4 Å². The van der Waals surface area contributed by atoms with Crippen molar-refractivity contribution < 1.29 is 9.18 Å². The third kappa shape index (κ3) is 4.01. The molecule has 0 spiro atoms. The van der Waals surface area contributed by atoms with E-state index in [0.29, 0.717) is 12.1 Å². The van der Waals surface area contributed by atoms with Crippen LogP contribution in [0.1, 0.15) is 27.2 Å². The maximum atomic E-state index is 13.5. The molecule has 0 bridgehead atoms. The van der Waals surface area contributed by atoms with E-state index in [9.17, 15) is 9.18 Å². The van der Waals surface area contributed by atoms with Gasteiger partial charge < -0.3 is 9.88 Å². The number of halogens is 1. The number of pyridine rings is 1. The van der Waals surface area contributed by atoms with Crippen molar-refractivity contribution in [2.24, 2.45) is 0 Å². The third-order valence-corrected chi connectivity index (χ3v) is 5.07. The molecule has 5 heteroatoms. The highest BCUT2D eigenvalue weighted by molar-refractivity contribution is 5.97. The lowest BCUT2D eigenvalue weighted by molar-refractivity contribution is 0.0950. The van der Waals surface area contributed by atoms with Gasteiger partial charge in [-0.1, -0.05) is 18.2 Å². The molecule has 2 aromatic heterocycles. The number of nitrogens with zero attached hydrogens (tertiary/aromatic N) is 2. The van der Waals surface area contributed by atoms with Crippen LogP contribution in [-0.4, -0.2) is 15.5 Å². The van der Waals surface area contributed by atoms with Crippen molar-refractivity contribution in [1.29, 1.82) is 0 Å². The highest BCUT2D eigenvalue weighted by atomic mass is 19.1. The Kier molecular flexibility index (Phi) is 5.44. The fraction of sp³-hybridized carbons (Fsp3) is 0.120. The number of nitrogens with one attached hydrogen (secondary N) is 1. The molecule has 0 unspecified atom stereocenters. The van der Waals surface area contributed by atoms with Crippen LogP contribution in [-0.2, 0) is 6.54 Å². The van der Waals surface area contributed by atoms with Crippen LogP contribution in [0.25, 0.3) is 16.9 Å². The van der Waals surface area contributed by atoms with Crippen molar-refractivity contribution in [1.82, 2.24) is 14.9 Å². The molecule has 0 saturated heterocycles. The number of carbonyl (C=O) groups excluding carboxylic acids is 1. The number of rotatable bonds is 5. The second kappa shape index (κ2) is 8.33. The second-order valence-corrected chi connectivity index (χ2v) is 7.25. The zero-order valence-electron chi connectivity index (χ0n) is 16.9. The van der Waals surface area contributed by atoms with E-state index in [0.717, 1.165) is 33.8 Å². The number of hydrogen-bond donors (Lipinski definition) is 1. The smallest absolute Gasteiger partial charge is 0.253 e. The minimum atomic E-state index is -0.293. The van der Waals surface area contributed by atoms with Crippen molar-refractivity contribution >= 4 is 5.91 Å². The standard InChI is InChI=1S/C25H22FN3O/c1-17-5-3-7-22(13-17)29-18(2)23(14-24(29)20-8-10-21(26)11-9-20)25(30)28-16-19-6-4-12-27-15-19/h3-15H,16H2,1-2H3,(H,28,30). The highest BCUT2D eigenvalue weighted by Crippen LogP contribution is 2.30. The van der Waals surface area contributed by atoms with Gasteiger partial charge >= 0.3 is 0 Å². The van der Waals surface area contributed by atoms with E-state index in [2.05, 4.69) is 16.4 Å². The second-order valence-electron chi connectivity index (χ2n) is 7.25. The Hall–Kier alpha value is -3.73. The summed E-state index contributed by atoms with van der Waals surface area (Å²) in [6, 6.07) is 20.0. The van der Waals surface area contributed by atoms with Gasteiger partial charge in [-0.15, -0.1) is 0 Å². The Labute approximate surface area is 175 Å². The monoisotopic (exact) mass is 399 g/mol. The van der Waals surface area contributed by atoms with Gasteiger partial charge in [0, 0.05) is 30.3 Å². The Morgan fingerprint density at radius 2 is 1.83 bits per heavy atom. The lowest BCUT2D eigenvalue weighted by Gasteiger charge is -2.13. The quantitative estimate of drug-likeness (QED) is 0.500. The molecule has 0 fully saturated rings. The molecule has 1 amide bonds. The Bertz CT molecular complexity index is 1180. The van der Waals surface area contributed by atoms with Crippen LogP contribution < -0.4 is 5.32 Å². The average Bonchev–Trinajstić information content (AvgIpc) is 3.10. The van der Waals surface area contributed by atoms with Gasteiger partial charge in [0.2, 0.25) is 0 Å². The van der Waals surface area contributed by atoms with Crippen molar-refractivity contribution in [3.05, 3.63) is 107 Å². The van der Waals surface area contributed by atoms with Gasteiger partial charge in [-0.05, 0) is 79.1 Å². The minimum Gasteiger partial charge on any atom is -0.348 e. The largest absolute Gasteiger partial charge is 0.348 e. The van der Waals surface area contributed by atoms with Gasteiger partial charge in [-0.2, -0.15) is 0 Å². The first kappa shape index (κ1) is 19.6. The average molecular weight is 399 g/mol. The minimum absolute atomic E-state index is 0.161. The van der Waals surface area contributed by atoms with E-state index in [1.807, 2.05) is 54.8 Å².